The fraction of sp³-hybridized carbons (Fsp3) is 0.400. The highest BCUT2D eigenvalue weighted by Gasteiger charge is 2.19. The molecule has 0 aliphatic rings. The zero-order valence-electron chi connectivity index (χ0n) is 22.1. The Morgan fingerprint density at radius 2 is 1.67 bits per heavy atom. The Labute approximate surface area is 218 Å². The molecule has 3 rings (SSSR count). The summed E-state index contributed by atoms with van der Waals surface area (Å²) >= 11 is 1.39. The number of aryl methyl sites for hydroxylation is 2. The lowest BCUT2D eigenvalue weighted by atomic mass is 9.85. The molecule has 0 aliphatic carbocycles. The molecule has 0 spiro atoms. The Bertz CT molecular complexity index is 1180. The highest BCUT2D eigenvalue weighted by molar-refractivity contribution is 7.14. The molecule has 5 nitrogen and oxygen atoms in total. The molecular formula is C30H37NO4S. The van der Waals surface area contributed by atoms with Gasteiger partial charge in [-0.2, -0.15) is 0 Å². The van der Waals surface area contributed by atoms with Gasteiger partial charge in [0.25, 0.3) is 5.91 Å². The van der Waals surface area contributed by atoms with Crippen LogP contribution >= 0.6 is 11.3 Å². The van der Waals surface area contributed by atoms with E-state index in [9.17, 15) is 9.59 Å². The highest BCUT2D eigenvalue weighted by Crippen LogP contribution is 2.36. The maximum Gasteiger partial charge on any atom is 0.305 e. The van der Waals surface area contributed by atoms with Crippen LogP contribution in [0.15, 0.2) is 48.5 Å². The van der Waals surface area contributed by atoms with Crippen molar-refractivity contribution >= 4 is 23.2 Å². The third-order valence-corrected chi connectivity index (χ3v) is 7.34. The van der Waals surface area contributed by atoms with E-state index in [1.165, 1.54) is 28.0 Å². The number of benzene rings is 2. The first kappa shape index (κ1) is 27.5. The van der Waals surface area contributed by atoms with Crippen molar-refractivity contribution in [1.82, 2.24) is 5.32 Å². The number of hydrogen-bond acceptors (Lipinski definition) is 4. The standard InChI is InChI=1S/C30H37NO4S/c1-7-8-24(25-13-14-26(36-25)29(34)31-16-15-27(32)33)35-23-17-19(2)28(20(3)18-23)21-9-11-22(12-10-21)30(4,5)6/h9-14,17-18,24H,7-8,15-16H2,1-6H3,(H,31,34)(H,32,33)/t24-/m1/s1. The van der Waals surface area contributed by atoms with Gasteiger partial charge in [0.1, 0.15) is 11.9 Å². The molecule has 0 unspecified atom stereocenters. The van der Waals surface area contributed by atoms with Crippen LogP contribution in [0.5, 0.6) is 5.75 Å². The van der Waals surface area contributed by atoms with Crippen LogP contribution < -0.4 is 10.1 Å². The van der Waals surface area contributed by atoms with Crippen molar-refractivity contribution in [3.8, 4) is 16.9 Å². The lowest BCUT2D eigenvalue weighted by molar-refractivity contribution is -0.136. The molecule has 6 heteroatoms. The molecular weight excluding hydrogens is 470 g/mol. The topological polar surface area (TPSA) is 75.6 Å². The van der Waals surface area contributed by atoms with E-state index in [0.717, 1.165) is 34.6 Å². The number of aliphatic carboxylic acids is 1. The molecule has 1 heterocycles. The fourth-order valence-electron chi connectivity index (χ4n) is 4.29. The van der Waals surface area contributed by atoms with Gasteiger partial charge in [-0.25, -0.2) is 0 Å². The second-order valence-corrected chi connectivity index (χ2v) is 11.4. The van der Waals surface area contributed by atoms with Gasteiger partial charge >= 0.3 is 5.97 Å². The van der Waals surface area contributed by atoms with E-state index in [0.29, 0.717) is 4.88 Å². The molecule has 1 aromatic heterocycles. The zero-order valence-corrected chi connectivity index (χ0v) is 22.9. The molecule has 0 fully saturated rings. The van der Waals surface area contributed by atoms with Crippen LogP contribution in [-0.2, 0) is 10.2 Å². The van der Waals surface area contributed by atoms with Crippen LogP contribution in [0.25, 0.3) is 11.1 Å². The van der Waals surface area contributed by atoms with Crippen LogP contribution in [-0.4, -0.2) is 23.5 Å². The Morgan fingerprint density at radius 3 is 2.22 bits per heavy atom. The average molecular weight is 508 g/mol. The largest absolute Gasteiger partial charge is 0.485 e. The third-order valence-electron chi connectivity index (χ3n) is 6.17. The summed E-state index contributed by atoms with van der Waals surface area (Å²) in [5, 5.41) is 11.4. The van der Waals surface area contributed by atoms with Crippen LogP contribution in [0.3, 0.4) is 0 Å². The summed E-state index contributed by atoms with van der Waals surface area (Å²) in [6, 6.07) is 16.7. The third kappa shape index (κ3) is 6.97. The van der Waals surface area contributed by atoms with Crippen LogP contribution in [0.2, 0.25) is 0 Å². The first-order valence-corrected chi connectivity index (χ1v) is 13.3. The van der Waals surface area contributed by atoms with Crippen molar-refractivity contribution in [1.29, 1.82) is 0 Å². The number of carbonyl (C=O) groups excluding carboxylic acids is 1. The second-order valence-electron chi connectivity index (χ2n) is 10.3. The zero-order chi connectivity index (χ0) is 26.5. The molecule has 3 aromatic rings. The van der Waals surface area contributed by atoms with Crippen LogP contribution in [0, 0.1) is 13.8 Å². The molecule has 0 saturated heterocycles. The van der Waals surface area contributed by atoms with Gasteiger partial charge in [0.05, 0.1) is 11.3 Å². The Balaban J connectivity index is 1.78. The van der Waals surface area contributed by atoms with Crippen LogP contribution in [0.1, 0.15) is 84.3 Å². The monoisotopic (exact) mass is 507 g/mol. The van der Waals surface area contributed by atoms with Gasteiger partial charge in [-0.1, -0.05) is 58.4 Å². The van der Waals surface area contributed by atoms with E-state index in [1.54, 1.807) is 6.07 Å². The van der Waals surface area contributed by atoms with E-state index < -0.39 is 5.97 Å². The minimum atomic E-state index is -0.933. The van der Waals surface area contributed by atoms with Gasteiger partial charge in [0.2, 0.25) is 0 Å². The van der Waals surface area contributed by atoms with Gasteiger partial charge in [-0.05, 0) is 77.8 Å². The Morgan fingerprint density at radius 1 is 1.03 bits per heavy atom. The quantitative estimate of drug-likeness (QED) is 0.299. The van der Waals surface area contributed by atoms with Gasteiger partial charge in [-0.15, -0.1) is 11.3 Å². The van der Waals surface area contributed by atoms with Crippen LogP contribution in [0.4, 0.5) is 0 Å². The smallest absolute Gasteiger partial charge is 0.305 e. The number of rotatable bonds is 10. The first-order valence-electron chi connectivity index (χ1n) is 12.5. The minimum Gasteiger partial charge on any atom is -0.485 e. The number of carboxylic acids is 1. The Kier molecular flexibility index (Phi) is 8.96. The van der Waals surface area contributed by atoms with Crippen molar-refractivity contribution in [2.45, 2.75) is 72.3 Å². The van der Waals surface area contributed by atoms with Crippen molar-refractivity contribution in [3.63, 3.8) is 0 Å². The maximum atomic E-state index is 12.4. The minimum absolute atomic E-state index is 0.0963. The van der Waals surface area contributed by atoms with Crippen molar-refractivity contribution < 1.29 is 19.4 Å². The molecule has 0 bridgehead atoms. The number of thiophene rings is 1. The molecule has 2 N–H and O–H groups in total. The molecule has 192 valence electrons. The molecule has 0 radical (unpaired) electrons. The summed E-state index contributed by atoms with van der Waals surface area (Å²) in [5.41, 5.74) is 6.18. The van der Waals surface area contributed by atoms with Crippen molar-refractivity contribution in [2.75, 3.05) is 6.54 Å². The fourth-order valence-corrected chi connectivity index (χ4v) is 5.28. The van der Waals surface area contributed by atoms with E-state index in [1.807, 2.05) is 6.07 Å². The lowest BCUT2D eigenvalue weighted by Crippen LogP contribution is -2.25. The summed E-state index contributed by atoms with van der Waals surface area (Å²) in [5.74, 6) is -0.368. The summed E-state index contributed by atoms with van der Waals surface area (Å²) < 4.78 is 6.46. The molecule has 36 heavy (non-hydrogen) atoms. The molecule has 0 aliphatic heterocycles. The number of hydrogen-bond donors (Lipinski definition) is 2. The Hall–Kier alpha value is -3.12. The maximum absolute atomic E-state index is 12.4. The number of amides is 1. The number of carboxylic acid groups (broad SMARTS) is 1. The van der Waals surface area contributed by atoms with Crippen molar-refractivity contribution in [3.05, 3.63) is 75.0 Å². The number of carbonyl (C=O) groups is 2. The number of ether oxygens (including phenoxy) is 1. The van der Waals surface area contributed by atoms with Gasteiger partial charge in [0.15, 0.2) is 0 Å². The van der Waals surface area contributed by atoms with Gasteiger partial charge < -0.3 is 15.2 Å². The summed E-state index contributed by atoms with van der Waals surface area (Å²) in [4.78, 5) is 24.6. The molecule has 2 aromatic carbocycles. The van der Waals surface area contributed by atoms with Crippen molar-refractivity contribution in [2.24, 2.45) is 0 Å². The van der Waals surface area contributed by atoms with E-state index in [4.69, 9.17) is 9.84 Å². The highest BCUT2D eigenvalue weighted by atomic mass is 32.1. The average Bonchev–Trinajstić information content (AvgIpc) is 3.28. The van der Waals surface area contributed by atoms with Gasteiger partial charge in [0, 0.05) is 11.4 Å². The van der Waals surface area contributed by atoms with E-state index in [2.05, 4.69) is 83.3 Å². The molecule has 0 saturated carbocycles. The first-order chi connectivity index (χ1) is 17.0. The van der Waals surface area contributed by atoms with E-state index in [-0.39, 0.29) is 30.4 Å². The summed E-state index contributed by atoms with van der Waals surface area (Å²) in [6.07, 6.45) is 1.52. The normalized spacial score (nSPS) is 12.3. The number of nitrogens with one attached hydrogen (secondary N) is 1. The SMILES string of the molecule is CCC[C@@H](Oc1cc(C)c(-c2ccc(C(C)(C)C)cc2)c(C)c1)c1ccc(C(=O)NCCC(=O)O)s1. The second kappa shape index (κ2) is 11.7. The summed E-state index contributed by atoms with van der Waals surface area (Å²) in [7, 11) is 0. The predicted molar refractivity (Wildman–Crippen MR) is 147 cm³/mol. The molecule has 1 atom stereocenters. The lowest BCUT2D eigenvalue weighted by Gasteiger charge is -2.21. The van der Waals surface area contributed by atoms with Gasteiger partial charge in [-0.3, -0.25) is 9.59 Å². The predicted octanol–water partition coefficient (Wildman–Crippen LogP) is 7.45. The van der Waals surface area contributed by atoms with E-state index >= 15 is 0 Å². The molecule has 1 amide bonds. The summed E-state index contributed by atoms with van der Waals surface area (Å²) in [6.45, 7) is 13.1.